The Balaban J connectivity index is 1.57. The minimum Gasteiger partial charge on any atom is -0.368 e. The maximum atomic E-state index is 13.0. The fourth-order valence-electron chi connectivity index (χ4n) is 2.73. The van der Waals surface area contributed by atoms with Crippen molar-refractivity contribution in [3.8, 4) is 0 Å². The summed E-state index contributed by atoms with van der Waals surface area (Å²) in [5.41, 5.74) is 1.22. The third kappa shape index (κ3) is 4.26. The zero-order valence-corrected chi connectivity index (χ0v) is 15.2. The molecule has 3 rings (SSSR count). The van der Waals surface area contributed by atoms with E-state index < -0.39 is 11.8 Å². The number of benzene rings is 2. The molecular formula is C18H16Cl2FN3O2. The molecule has 2 aromatic carbocycles. The summed E-state index contributed by atoms with van der Waals surface area (Å²) in [5.74, 6) is -1.65. The van der Waals surface area contributed by atoms with E-state index in [2.05, 4.69) is 5.32 Å². The number of hydrogen-bond acceptors (Lipinski definition) is 3. The second kappa shape index (κ2) is 7.93. The van der Waals surface area contributed by atoms with Gasteiger partial charge in [-0.3, -0.25) is 9.59 Å². The third-order valence-electron chi connectivity index (χ3n) is 4.13. The molecule has 0 unspecified atom stereocenters. The van der Waals surface area contributed by atoms with Crippen LogP contribution < -0.4 is 10.2 Å². The van der Waals surface area contributed by atoms with E-state index in [1.807, 2.05) is 4.90 Å². The van der Waals surface area contributed by atoms with Gasteiger partial charge in [0.05, 0.1) is 10.7 Å². The molecule has 0 atom stereocenters. The molecule has 0 saturated carbocycles. The highest BCUT2D eigenvalue weighted by atomic mass is 35.5. The Kier molecular flexibility index (Phi) is 5.64. The second-order valence-corrected chi connectivity index (χ2v) is 6.68. The molecule has 5 nitrogen and oxygen atoms in total. The number of rotatable bonds is 2. The molecule has 0 bridgehead atoms. The SMILES string of the molecule is O=C(Nc1ccc(Cl)cc1Cl)C(=O)N1CCN(c2ccc(F)cc2)CC1. The average Bonchev–Trinajstić information content (AvgIpc) is 2.64. The fraction of sp³-hybridized carbons (Fsp3) is 0.222. The monoisotopic (exact) mass is 395 g/mol. The molecule has 1 saturated heterocycles. The van der Waals surface area contributed by atoms with E-state index in [9.17, 15) is 14.0 Å². The van der Waals surface area contributed by atoms with Crippen molar-refractivity contribution in [2.24, 2.45) is 0 Å². The molecule has 0 radical (unpaired) electrons. The van der Waals surface area contributed by atoms with E-state index in [1.165, 1.54) is 23.1 Å². The van der Waals surface area contributed by atoms with E-state index in [-0.39, 0.29) is 10.8 Å². The predicted molar refractivity (Wildman–Crippen MR) is 100 cm³/mol. The van der Waals surface area contributed by atoms with Crippen LogP contribution in [0.4, 0.5) is 15.8 Å². The second-order valence-electron chi connectivity index (χ2n) is 5.83. The van der Waals surface area contributed by atoms with Crippen LogP contribution in [0.1, 0.15) is 0 Å². The maximum Gasteiger partial charge on any atom is 0.313 e. The Morgan fingerprint density at radius 3 is 2.23 bits per heavy atom. The van der Waals surface area contributed by atoms with Crippen molar-refractivity contribution >= 4 is 46.4 Å². The quantitative estimate of drug-likeness (QED) is 0.792. The highest BCUT2D eigenvalue weighted by Gasteiger charge is 2.26. The number of nitrogens with one attached hydrogen (secondary N) is 1. The van der Waals surface area contributed by atoms with E-state index in [1.54, 1.807) is 24.3 Å². The van der Waals surface area contributed by atoms with Gasteiger partial charge in [0, 0.05) is 36.9 Å². The molecule has 0 spiro atoms. The Morgan fingerprint density at radius 2 is 1.62 bits per heavy atom. The van der Waals surface area contributed by atoms with Crippen LogP contribution in [-0.4, -0.2) is 42.9 Å². The van der Waals surface area contributed by atoms with Crippen molar-refractivity contribution in [2.45, 2.75) is 0 Å². The molecule has 0 aromatic heterocycles. The predicted octanol–water partition coefficient (Wildman–Crippen LogP) is 3.42. The minimum atomic E-state index is -0.746. The van der Waals surface area contributed by atoms with Crippen LogP contribution in [0.3, 0.4) is 0 Å². The van der Waals surface area contributed by atoms with E-state index in [0.717, 1.165) is 5.69 Å². The number of carbonyl (C=O) groups excluding carboxylic acids is 2. The van der Waals surface area contributed by atoms with Gasteiger partial charge in [0.25, 0.3) is 0 Å². The lowest BCUT2D eigenvalue weighted by atomic mass is 10.2. The average molecular weight is 396 g/mol. The minimum absolute atomic E-state index is 0.264. The van der Waals surface area contributed by atoms with Crippen LogP contribution in [0.5, 0.6) is 0 Å². The van der Waals surface area contributed by atoms with Gasteiger partial charge < -0.3 is 15.1 Å². The first kappa shape index (κ1) is 18.5. The largest absolute Gasteiger partial charge is 0.368 e. The molecule has 0 aliphatic carbocycles. The summed E-state index contributed by atoms with van der Waals surface area (Å²) in [6.07, 6.45) is 0. The number of nitrogens with zero attached hydrogens (tertiary/aromatic N) is 2. The van der Waals surface area contributed by atoms with Gasteiger partial charge in [-0.1, -0.05) is 23.2 Å². The number of piperazine rings is 1. The number of hydrogen-bond donors (Lipinski definition) is 1. The zero-order chi connectivity index (χ0) is 18.7. The maximum absolute atomic E-state index is 13.0. The first-order chi connectivity index (χ1) is 12.4. The van der Waals surface area contributed by atoms with Crippen molar-refractivity contribution < 1.29 is 14.0 Å². The Labute approximate surface area is 160 Å². The van der Waals surface area contributed by atoms with Crippen LogP contribution >= 0.6 is 23.2 Å². The topological polar surface area (TPSA) is 52.7 Å². The summed E-state index contributed by atoms with van der Waals surface area (Å²) in [4.78, 5) is 28.1. The van der Waals surface area contributed by atoms with E-state index >= 15 is 0 Å². The number of carbonyl (C=O) groups is 2. The Bertz CT molecular complexity index is 822. The van der Waals surface area contributed by atoms with Gasteiger partial charge in [0.1, 0.15) is 5.82 Å². The number of halogens is 3. The lowest BCUT2D eigenvalue weighted by molar-refractivity contribution is -0.143. The molecule has 1 N–H and O–H groups in total. The molecule has 2 amide bonds. The van der Waals surface area contributed by atoms with Crippen LogP contribution in [0.2, 0.25) is 10.0 Å². The van der Waals surface area contributed by atoms with Crippen molar-refractivity contribution in [3.63, 3.8) is 0 Å². The highest BCUT2D eigenvalue weighted by Crippen LogP contribution is 2.25. The standard InChI is InChI=1S/C18H16Cl2FN3O2/c19-12-1-6-16(15(20)11-12)22-17(25)18(26)24-9-7-23(8-10-24)14-4-2-13(21)3-5-14/h1-6,11H,7-10H2,(H,22,25). The summed E-state index contributed by atoms with van der Waals surface area (Å²) < 4.78 is 13.0. The van der Waals surface area contributed by atoms with Crippen LogP contribution in [-0.2, 0) is 9.59 Å². The summed E-state index contributed by atoms with van der Waals surface area (Å²) >= 11 is 11.8. The summed E-state index contributed by atoms with van der Waals surface area (Å²) in [6, 6.07) is 10.8. The van der Waals surface area contributed by atoms with Gasteiger partial charge in [0.2, 0.25) is 0 Å². The molecular weight excluding hydrogens is 380 g/mol. The van der Waals surface area contributed by atoms with Gasteiger partial charge in [-0.05, 0) is 42.5 Å². The van der Waals surface area contributed by atoms with Crippen LogP contribution in [0, 0.1) is 5.82 Å². The number of anilines is 2. The molecule has 8 heteroatoms. The van der Waals surface area contributed by atoms with Gasteiger partial charge >= 0.3 is 11.8 Å². The molecule has 1 fully saturated rings. The summed E-state index contributed by atoms with van der Waals surface area (Å²) in [6.45, 7) is 1.93. The van der Waals surface area contributed by atoms with Crippen LogP contribution in [0.25, 0.3) is 0 Å². The summed E-state index contributed by atoms with van der Waals surface area (Å²) in [5, 5.41) is 3.21. The zero-order valence-electron chi connectivity index (χ0n) is 13.7. The first-order valence-corrected chi connectivity index (χ1v) is 8.75. The van der Waals surface area contributed by atoms with Crippen molar-refractivity contribution in [3.05, 3.63) is 58.3 Å². The van der Waals surface area contributed by atoms with Gasteiger partial charge in [-0.15, -0.1) is 0 Å². The molecule has 2 aromatic rings. The van der Waals surface area contributed by atoms with Gasteiger partial charge in [0.15, 0.2) is 0 Å². The summed E-state index contributed by atoms with van der Waals surface area (Å²) in [7, 11) is 0. The molecule has 1 heterocycles. The lowest BCUT2D eigenvalue weighted by Gasteiger charge is -2.35. The molecule has 1 aliphatic rings. The van der Waals surface area contributed by atoms with Crippen molar-refractivity contribution in [1.82, 2.24) is 4.90 Å². The van der Waals surface area contributed by atoms with E-state index in [0.29, 0.717) is 36.9 Å². The van der Waals surface area contributed by atoms with Crippen LogP contribution in [0.15, 0.2) is 42.5 Å². The molecule has 136 valence electrons. The Morgan fingerprint density at radius 1 is 0.962 bits per heavy atom. The fourth-order valence-corrected chi connectivity index (χ4v) is 3.19. The smallest absolute Gasteiger partial charge is 0.313 e. The number of amides is 2. The molecule has 1 aliphatic heterocycles. The van der Waals surface area contributed by atoms with Crippen molar-refractivity contribution in [1.29, 1.82) is 0 Å². The first-order valence-electron chi connectivity index (χ1n) is 8.00. The lowest BCUT2D eigenvalue weighted by Crippen LogP contribution is -2.51. The highest BCUT2D eigenvalue weighted by molar-refractivity contribution is 6.42. The molecule has 26 heavy (non-hydrogen) atoms. The third-order valence-corrected chi connectivity index (χ3v) is 4.68. The van der Waals surface area contributed by atoms with Gasteiger partial charge in [-0.25, -0.2) is 4.39 Å². The normalized spacial score (nSPS) is 14.3. The Hall–Kier alpha value is -2.31. The van der Waals surface area contributed by atoms with Crippen molar-refractivity contribution in [2.75, 3.05) is 36.4 Å². The van der Waals surface area contributed by atoms with E-state index in [4.69, 9.17) is 23.2 Å². The van der Waals surface area contributed by atoms with Gasteiger partial charge in [-0.2, -0.15) is 0 Å².